The number of allylic oxidation sites excluding steroid dienone is 4. The third-order valence-electron chi connectivity index (χ3n) is 25.9. The summed E-state index contributed by atoms with van der Waals surface area (Å²) in [6, 6.07) is 69.6. The lowest BCUT2D eigenvalue weighted by molar-refractivity contribution is -0.138. The van der Waals surface area contributed by atoms with E-state index in [2.05, 4.69) is 189 Å². The Morgan fingerprint density at radius 2 is 0.485 bits per heavy atom. The molecular formula is C89H64O10. The van der Waals surface area contributed by atoms with Gasteiger partial charge in [0.05, 0.1) is 27.1 Å². The Kier molecular flexibility index (Phi) is 10.9. The predicted molar refractivity (Wildman–Crippen MR) is 375 cm³/mol. The van der Waals surface area contributed by atoms with Crippen LogP contribution in [0.3, 0.4) is 0 Å². The van der Waals surface area contributed by atoms with Crippen LogP contribution in [0.4, 0.5) is 0 Å². The summed E-state index contributed by atoms with van der Waals surface area (Å²) in [6.07, 6.45) is 4.14. The van der Waals surface area contributed by atoms with Gasteiger partial charge in [-0.25, -0.2) is 0 Å². The average molecular weight is 1290 g/mol. The van der Waals surface area contributed by atoms with E-state index in [4.69, 9.17) is 0 Å². The summed E-state index contributed by atoms with van der Waals surface area (Å²) < 4.78 is 0. The molecule has 21 rings (SSSR count). The minimum absolute atomic E-state index is 0.0136. The van der Waals surface area contributed by atoms with Crippen LogP contribution in [0.1, 0.15) is 170 Å². The number of benzene rings is 10. The molecule has 0 radical (unpaired) electrons. The molecule has 0 saturated heterocycles. The zero-order valence-electron chi connectivity index (χ0n) is 54.3. The number of aryl methyl sites for hydroxylation is 5. The van der Waals surface area contributed by atoms with Crippen LogP contribution in [0.5, 0.6) is 0 Å². The molecule has 0 heterocycles. The van der Waals surface area contributed by atoms with Crippen molar-refractivity contribution in [3.63, 3.8) is 0 Å². The molecule has 0 aromatic heterocycles. The minimum Gasteiger partial charge on any atom is -0.481 e. The van der Waals surface area contributed by atoms with Gasteiger partial charge in [-0.2, -0.15) is 0 Å². The third kappa shape index (κ3) is 6.11. The zero-order chi connectivity index (χ0) is 66.9. The van der Waals surface area contributed by atoms with Gasteiger partial charge in [-0.3, -0.25) is 24.0 Å². The Morgan fingerprint density at radius 3 is 0.727 bits per heavy atom. The summed E-state index contributed by atoms with van der Waals surface area (Å²) in [5.41, 5.74) is 34.0. The number of hydrogen-bond donors (Lipinski definition) is 5. The van der Waals surface area contributed by atoms with Gasteiger partial charge < -0.3 is 25.5 Å². The monoisotopic (exact) mass is 1290 g/mol. The van der Waals surface area contributed by atoms with Crippen LogP contribution in [-0.4, -0.2) is 55.4 Å². The molecule has 0 unspecified atom stereocenters. The molecule has 10 aromatic rings. The van der Waals surface area contributed by atoms with Crippen molar-refractivity contribution in [3.05, 3.63) is 316 Å². The molecule has 0 aliphatic heterocycles. The maximum absolute atomic E-state index is 12.5. The molecule has 5 N–H and O–H groups in total. The highest BCUT2D eigenvalue weighted by molar-refractivity contribution is 6.15. The van der Waals surface area contributed by atoms with E-state index in [0.29, 0.717) is 38.5 Å². The van der Waals surface area contributed by atoms with Crippen molar-refractivity contribution in [1.82, 2.24) is 0 Å². The molecule has 480 valence electrons. The molecule has 10 aromatic carbocycles. The molecular weight excluding hydrogens is 1230 g/mol. The Bertz CT molecular complexity index is 5320. The maximum Gasteiger partial charge on any atom is 0.303 e. The molecule has 10 heteroatoms. The van der Waals surface area contributed by atoms with Gasteiger partial charge in [-0.05, 0) is 228 Å². The first-order chi connectivity index (χ1) is 48.1. The predicted octanol–water partition coefficient (Wildman–Crippen LogP) is 16.5. The van der Waals surface area contributed by atoms with Gasteiger partial charge in [0.15, 0.2) is 0 Å². The maximum atomic E-state index is 12.5. The van der Waals surface area contributed by atoms with Gasteiger partial charge in [0, 0.05) is 37.5 Å². The molecule has 0 spiro atoms. The molecule has 0 bridgehead atoms. The molecule has 0 saturated carbocycles. The van der Waals surface area contributed by atoms with Crippen LogP contribution in [0, 0.1) is 5.41 Å². The van der Waals surface area contributed by atoms with Gasteiger partial charge >= 0.3 is 29.8 Å². The van der Waals surface area contributed by atoms with Gasteiger partial charge in [-0.15, -0.1) is 0 Å². The van der Waals surface area contributed by atoms with Gasteiger partial charge in [0.2, 0.25) is 0 Å². The van der Waals surface area contributed by atoms with Crippen LogP contribution >= 0.6 is 0 Å². The number of carbonyl (C=O) groups is 5. The van der Waals surface area contributed by atoms with E-state index < -0.39 is 62.3 Å². The molecule has 10 nitrogen and oxygen atoms in total. The molecule has 6 atom stereocenters. The SMILES string of the molecule is CCCC[C@]12C3=C4C5=C1[C@@]1(c6ccc(CCC(=O)O)cc6)c6c7ccc8c6[C@]5(c5ccc(CCC(=O)O)cc5)c5c-8ccc6c5[C@]4(c4ccc(CCC(=O)O)cc4)c4c-6ccc5c4[C@]3(c3ccc(CCC(=O)O)cc3)c3c-5ccc4c3[C@]2(c2ccc(CCC(=O)O)cc2)c2c-4ccc-7c21. The van der Waals surface area contributed by atoms with Crippen molar-refractivity contribution in [3.8, 4) is 55.6 Å². The molecule has 0 amide bonds. The van der Waals surface area contributed by atoms with Crippen molar-refractivity contribution in [2.75, 3.05) is 0 Å². The van der Waals surface area contributed by atoms with Gasteiger partial charge in [0.25, 0.3) is 0 Å². The average Bonchev–Trinajstić information content (AvgIpc) is 1.39. The Morgan fingerprint density at radius 1 is 0.273 bits per heavy atom. The van der Waals surface area contributed by atoms with E-state index >= 15 is 0 Å². The topological polar surface area (TPSA) is 186 Å². The second-order valence-corrected chi connectivity index (χ2v) is 29.8. The normalized spacial score (nSPS) is 23.7. The molecule has 0 fully saturated rings. The fourth-order valence-corrected chi connectivity index (χ4v) is 23.2. The number of carboxylic acid groups (broad SMARTS) is 5. The second kappa shape index (κ2) is 18.8. The number of hydrogen-bond acceptors (Lipinski definition) is 5. The minimum atomic E-state index is -1.01. The quantitative estimate of drug-likeness (QED) is 0.0413. The lowest BCUT2D eigenvalue weighted by Gasteiger charge is -2.67. The van der Waals surface area contributed by atoms with Crippen molar-refractivity contribution >= 4 is 29.8 Å². The lowest BCUT2D eigenvalue weighted by atomic mass is 9.33. The number of rotatable bonds is 23. The van der Waals surface area contributed by atoms with E-state index in [1.54, 1.807) is 0 Å². The highest BCUT2D eigenvalue weighted by atomic mass is 16.4. The smallest absolute Gasteiger partial charge is 0.303 e. The first-order valence-corrected chi connectivity index (χ1v) is 35.1. The Labute approximate surface area is 570 Å². The molecule has 99 heavy (non-hydrogen) atoms. The molecule has 11 aliphatic rings. The fourth-order valence-electron chi connectivity index (χ4n) is 23.2. The van der Waals surface area contributed by atoms with E-state index in [9.17, 15) is 49.5 Å². The van der Waals surface area contributed by atoms with Crippen LogP contribution < -0.4 is 0 Å². The summed E-state index contributed by atoms with van der Waals surface area (Å²) in [7, 11) is 0. The standard InChI is InChI=1S/C89H64O10/c1-2-3-44-84-82-80-81-83(84)88(53-25-10-48(11-26-53)17-42-68(96)97)75-60-34-32-58-56-30-29-55-57-31-33-59-61-35-37-63-64-38-36-62(60)77(88)79(64)89(84,54-27-12-49(13-28-54)18-43-69(98)99)78(63)76(61)87(82,52-23-8-47(9-24-52)16-41-67(94)95)74(59)72(57)85(80,50-19-4-45(5-20-50)14-39-65(90)91)70(55)71(56)86(81,73(58)75)51-21-6-46(7-22-51)15-40-66(92)93/h4-13,19-38H,2-3,14-18,39-44H2,1H3,(H,90,91)(H,92,93)(H,94,95)(H,96,97)(H,98,99)/t84-,85+,86-,87+,88-,89+. The largest absolute Gasteiger partial charge is 0.481 e. The fraction of sp³-hybridized carbons (Fsp3) is 0.225. The highest BCUT2D eigenvalue weighted by Gasteiger charge is 2.86. The van der Waals surface area contributed by atoms with Crippen LogP contribution in [-0.2, 0) is 83.2 Å². The number of fused-ring (bicyclic) bond motifs is 5. The summed E-state index contributed by atoms with van der Waals surface area (Å²) >= 11 is 0. The first kappa shape index (κ1) is 57.1. The van der Waals surface area contributed by atoms with E-state index in [-0.39, 0.29) is 32.1 Å². The third-order valence-corrected chi connectivity index (χ3v) is 25.9. The summed E-state index contributed by atoms with van der Waals surface area (Å²) in [4.78, 5) is 62.2. The van der Waals surface area contributed by atoms with Crippen molar-refractivity contribution in [2.24, 2.45) is 5.41 Å². The van der Waals surface area contributed by atoms with Crippen molar-refractivity contribution < 1.29 is 49.5 Å². The van der Waals surface area contributed by atoms with E-state index in [1.165, 1.54) is 134 Å². The van der Waals surface area contributed by atoms with Gasteiger partial charge in [-0.1, -0.05) is 202 Å². The summed E-state index contributed by atoms with van der Waals surface area (Å²) in [5.74, 6) is -4.28. The first-order valence-electron chi connectivity index (χ1n) is 35.1. The summed E-state index contributed by atoms with van der Waals surface area (Å²) in [5, 5.41) is 51.0. The van der Waals surface area contributed by atoms with Gasteiger partial charge in [0.1, 0.15) is 0 Å². The number of carboxylic acids is 5. The van der Waals surface area contributed by atoms with Crippen LogP contribution in [0.25, 0.3) is 55.6 Å². The molecule has 11 aliphatic carbocycles. The number of unbranched alkanes of at least 4 members (excludes halogenated alkanes) is 1. The Hall–Kier alpha value is -11.0. The zero-order valence-corrected chi connectivity index (χ0v) is 54.3. The lowest BCUT2D eigenvalue weighted by Crippen LogP contribution is -2.63. The number of aliphatic carboxylic acids is 5. The Balaban J connectivity index is 1.05. The van der Waals surface area contributed by atoms with Crippen LogP contribution in [0.15, 0.2) is 204 Å². The highest BCUT2D eigenvalue weighted by Crippen LogP contribution is 2.93. The van der Waals surface area contributed by atoms with Crippen LogP contribution in [0.2, 0.25) is 0 Å². The van der Waals surface area contributed by atoms with E-state index in [1.807, 2.05) is 0 Å². The van der Waals surface area contributed by atoms with Crippen molar-refractivity contribution in [1.29, 1.82) is 0 Å². The summed E-state index contributed by atoms with van der Waals surface area (Å²) in [6.45, 7) is 2.32. The van der Waals surface area contributed by atoms with Crippen molar-refractivity contribution in [2.45, 2.75) is 117 Å². The van der Waals surface area contributed by atoms with E-state index in [0.717, 1.165) is 68.5 Å². The second-order valence-electron chi connectivity index (χ2n) is 29.8.